The van der Waals surface area contributed by atoms with Crippen LogP contribution in [-0.2, 0) is 18.3 Å². The Kier molecular flexibility index (Phi) is 3.83. The van der Waals surface area contributed by atoms with E-state index in [1.165, 1.54) is 0 Å². The van der Waals surface area contributed by atoms with Crippen molar-refractivity contribution in [1.29, 1.82) is 0 Å². The Morgan fingerprint density at radius 1 is 1.33 bits per heavy atom. The molecule has 1 N–H and O–H groups in total. The number of nitrogens with zero attached hydrogens (tertiary/aromatic N) is 2. The molecule has 0 radical (unpaired) electrons. The number of hydrazone groups is 1. The molecule has 0 aliphatic rings. The SMILES string of the molecule is Cn1cc(/C=N\NC(=O)Cc2cccs2)c2ccccc21. The van der Waals surface area contributed by atoms with Gasteiger partial charge in [-0.1, -0.05) is 24.3 Å². The van der Waals surface area contributed by atoms with E-state index in [4.69, 9.17) is 0 Å². The van der Waals surface area contributed by atoms with E-state index in [-0.39, 0.29) is 5.91 Å². The minimum Gasteiger partial charge on any atom is -0.350 e. The molecule has 0 saturated heterocycles. The molecule has 1 aromatic carbocycles. The van der Waals surface area contributed by atoms with Crippen molar-refractivity contribution in [2.45, 2.75) is 6.42 Å². The lowest BCUT2D eigenvalue weighted by atomic mass is 10.2. The molecule has 3 aromatic rings. The number of para-hydroxylation sites is 1. The topological polar surface area (TPSA) is 46.4 Å². The largest absolute Gasteiger partial charge is 0.350 e. The number of hydrogen-bond acceptors (Lipinski definition) is 3. The highest BCUT2D eigenvalue weighted by molar-refractivity contribution is 7.10. The van der Waals surface area contributed by atoms with Gasteiger partial charge in [-0.15, -0.1) is 11.3 Å². The molecule has 3 rings (SSSR count). The maximum Gasteiger partial charge on any atom is 0.245 e. The van der Waals surface area contributed by atoms with Gasteiger partial charge in [0.15, 0.2) is 0 Å². The fourth-order valence-corrected chi connectivity index (χ4v) is 2.96. The van der Waals surface area contributed by atoms with Crippen molar-refractivity contribution in [2.75, 3.05) is 0 Å². The first-order valence-electron chi connectivity index (χ1n) is 6.62. The predicted octanol–water partition coefficient (Wildman–Crippen LogP) is 2.93. The number of nitrogens with one attached hydrogen (secondary N) is 1. The molecule has 5 heteroatoms. The van der Waals surface area contributed by atoms with E-state index < -0.39 is 0 Å². The van der Waals surface area contributed by atoms with Crippen molar-refractivity contribution in [3.8, 4) is 0 Å². The van der Waals surface area contributed by atoms with Crippen LogP contribution in [0.15, 0.2) is 53.1 Å². The highest BCUT2D eigenvalue weighted by Crippen LogP contribution is 2.18. The van der Waals surface area contributed by atoms with Crippen molar-refractivity contribution in [3.05, 3.63) is 58.4 Å². The summed E-state index contributed by atoms with van der Waals surface area (Å²) < 4.78 is 2.05. The minimum atomic E-state index is -0.103. The molecule has 0 aliphatic heterocycles. The van der Waals surface area contributed by atoms with E-state index >= 15 is 0 Å². The molecular weight excluding hydrogens is 282 g/mol. The number of carbonyl (C=O) groups is 1. The zero-order valence-corrected chi connectivity index (χ0v) is 12.4. The highest BCUT2D eigenvalue weighted by Gasteiger charge is 2.04. The summed E-state index contributed by atoms with van der Waals surface area (Å²) in [5.41, 5.74) is 4.70. The number of aromatic nitrogens is 1. The molecule has 0 unspecified atom stereocenters. The van der Waals surface area contributed by atoms with Crippen LogP contribution in [-0.4, -0.2) is 16.7 Å². The first-order chi connectivity index (χ1) is 10.2. The van der Waals surface area contributed by atoms with Crippen LogP contribution in [0.25, 0.3) is 10.9 Å². The Bertz CT molecular complexity index is 787. The van der Waals surface area contributed by atoms with Crippen LogP contribution in [0.3, 0.4) is 0 Å². The quantitative estimate of drug-likeness (QED) is 0.584. The maximum atomic E-state index is 11.7. The van der Waals surface area contributed by atoms with E-state index in [0.717, 1.165) is 21.3 Å². The number of benzene rings is 1. The van der Waals surface area contributed by atoms with E-state index in [1.807, 2.05) is 53.5 Å². The third-order valence-corrected chi connectivity index (χ3v) is 4.11. The summed E-state index contributed by atoms with van der Waals surface area (Å²) in [6.07, 6.45) is 4.05. The molecule has 0 aliphatic carbocycles. The standard InChI is InChI=1S/C16H15N3OS/c1-19-11-12(14-6-2-3-7-15(14)19)10-17-18-16(20)9-13-5-4-8-21-13/h2-8,10-11H,9H2,1H3,(H,18,20)/b17-10-. The first kappa shape index (κ1) is 13.6. The van der Waals surface area contributed by atoms with Crippen LogP contribution >= 0.6 is 11.3 Å². The molecule has 0 fully saturated rings. The van der Waals surface area contributed by atoms with Crippen LogP contribution in [0.2, 0.25) is 0 Å². The third kappa shape index (κ3) is 3.03. The zero-order valence-electron chi connectivity index (χ0n) is 11.6. The van der Waals surface area contributed by atoms with Gasteiger partial charge in [0.2, 0.25) is 5.91 Å². The van der Waals surface area contributed by atoms with E-state index in [1.54, 1.807) is 17.6 Å². The van der Waals surface area contributed by atoms with Gasteiger partial charge in [0, 0.05) is 34.6 Å². The Morgan fingerprint density at radius 3 is 3.00 bits per heavy atom. The van der Waals surface area contributed by atoms with E-state index in [2.05, 4.69) is 16.6 Å². The minimum absolute atomic E-state index is 0.103. The van der Waals surface area contributed by atoms with Crippen LogP contribution in [0.5, 0.6) is 0 Å². The van der Waals surface area contributed by atoms with Crippen LogP contribution in [0, 0.1) is 0 Å². The van der Waals surface area contributed by atoms with Crippen molar-refractivity contribution in [3.63, 3.8) is 0 Å². The molecule has 0 atom stereocenters. The predicted molar refractivity (Wildman–Crippen MR) is 86.7 cm³/mol. The smallest absolute Gasteiger partial charge is 0.245 e. The first-order valence-corrected chi connectivity index (χ1v) is 7.50. The molecule has 1 amide bonds. The van der Waals surface area contributed by atoms with Gasteiger partial charge >= 0.3 is 0 Å². The van der Waals surface area contributed by atoms with Gasteiger partial charge in [-0.2, -0.15) is 5.10 Å². The third-order valence-electron chi connectivity index (χ3n) is 3.24. The van der Waals surface area contributed by atoms with Crippen molar-refractivity contribution < 1.29 is 4.79 Å². The van der Waals surface area contributed by atoms with Gasteiger partial charge in [-0.3, -0.25) is 4.79 Å². The number of carbonyl (C=O) groups excluding carboxylic acids is 1. The van der Waals surface area contributed by atoms with Crippen molar-refractivity contribution >= 4 is 34.4 Å². The second-order valence-electron chi connectivity index (χ2n) is 4.76. The zero-order chi connectivity index (χ0) is 14.7. The second-order valence-corrected chi connectivity index (χ2v) is 5.79. The molecule has 21 heavy (non-hydrogen) atoms. The number of thiophene rings is 1. The lowest BCUT2D eigenvalue weighted by Crippen LogP contribution is -2.19. The summed E-state index contributed by atoms with van der Waals surface area (Å²) in [7, 11) is 2.00. The van der Waals surface area contributed by atoms with Gasteiger partial charge < -0.3 is 4.57 Å². The summed E-state index contributed by atoms with van der Waals surface area (Å²) in [5.74, 6) is -0.103. The number of aryl methyl sites for hydroxylation is 1. The van der Waals surface area contributed by atoms with Crippen molar-refractivity contribution in [2.24, 2.45) is 12.1 Å². The maximum absolute atomic E-state index is 11.7. The number of rotatable bonds is 4. The Balaban J connectivity index is 1.69. The molecular formula is C16H15N3OS. The van der Waals surface area contributed by atoms with Gasteiger partial charge in [0.05, 0.1) is 12.6 Å². The normalized spacial score (nSPS) is 11.3. The summed E-state index contributed by atoms with van der Waals surface area (Å²) in [4.78, 5) is 12.8. The summed E-state index contributed by atoms with van der Waals surface area (Å²) >= 11 is 1.57. The van der Waals surface area contributed by atoms with Gasteiger partial charge in [-0.25, -0.2) is 5.43 Å². The second kappa shape index (κ2) is 5.93. The number of fused-ring (bicyclic) bond motifs is 1. The average Bonchev–Trinajstić information content (AvgIpc) is 3.09. The fourth-order valence-electron chi connectivity index (χ4n) is 2.26. The monoisotopic (exact) mass is 297 g/mol. The lowest BCUT2D eigenvalue weighted by molar-refractivity contribution is -0.120. The van der Waals surface area contributed by atoms with Crippen LogP contribution in [0.1, 0.15) is 10.4 Å². The van der Waals surface area contributed by atoms with Crippen LogP contribution in [0.4, 0.5) is 0 Å². The van der Waals surface area contributed by atoms with Crippen molar-refractivity contribution in [1.82, 2.24) is 9.99 Å². The molecule has 2 heterocycles. The lowest BCUT2D eigenvalue weighted by Gasteiger charge is -1.96. The average molecular weight is 297 g/mol. The molecule has 2 aromatic heterocycles. The fraction of sp³-hybridized carbons (Fsp3) is 0.125. The number of amides is 1. The Morgan fingerprint density at radius 2 is 2.19 bits per heavy atom. The van der Waals surface area contributed by atoms with E-state index in [9.17, 15) is 4.79 Å². The molecule has 0 spiro atoms. The Labute approximate surface area is 126 Å². The summed E-state index contributed by atoms with van der Waals surface area (Å²) in [6.45, 7) is 0. The van der Waals surface area contributed by atoms with Gasteiger partial charge in [0.1, 0.15) is 0 Å². The van der Waals surface area contributed by atoms with E-state index in [0.29, 0.717) is 6.42 Å². The Hall–Kier alpha value is -2.40. The highest BCUT2D eigenvalue weighted by atomic mass is 32.1. The molecule has 4 nitrogen and oxygen atoms in total. The van der Waals surface area contributed by atoms with Gasteiger partial charge in [-0.05, 0) is 17.5 Å². The summed E-state index contributed by atoms with van der Waals surface area (Å²) in [6, 6.07) is 12.0. The summed E-state index contributed by atoms with van der Waals surface area (Å²) in [5, 5.41) is 7.13. The molecule has 106 valence electrons. The van der Waals surface area contributed by atoms with Gasteiger partial charge in [0.25, 0.3) is 0 Å². The molecule has 0 bridgehead atoms. The number of hydrogen-bond donors (Lipinski definition) is 1. The van der Waals surface area contributed by atoms with Crippen LogP contribution < -0.4 is 5.43 Å². The molecule has 0 saturated carbocycles.